The number of aryl methyl sites for hydroxylation is 2. The Morgan fingerprint density at radius 1 is 1.18 bits per heavy atom. The average Bonchev–Trinajstić information content (AvgIpc) is 2.68. The van der Waals surface area contributed by atoms with E-state index in [0.29, 0.717) is 32.5 Å². The zero-order valence-corrected chi connectivity index (χ0v) is 17.2. The molecule has 2 rings (SSSR count). The number of nitrogens with zero attached hydrogens (tertiary/aromatic N) is 1. The van der Waals surface area contributed by atoms with Crippen LogP contribution in [0.25, 0.3) is 0 Å². The van der Waals surface area contributed by atoms with Gasteiger partial charge in [-0.1, -0.05) is 18.2 Å². The molecule has 28 heavy (non-hydrogen) atoms. The van der Waals surface area contributed by atoms with Crippen LogP contribution in [0.15, 0.2) is 18.2 Å². The molecule has 1 saturated heterocycles. The summed E-state index contributed by atoms with van der Waals surface area (Å²) in [5.41, 5.74) is 2.76. The quantitative estimate of drug-likeness (QED) is 0.697. The van der Waals surface area contributed by atoms with Crippen LogP contribution in [0.3, 0.4) is 0 Å². The third-order valence-electron chi connectivity index (χ3n) is 5.25. The van der Waals surface area contributed by atoms with E-state index in [1.165, 1.54) is 0 Å². The van der Waals surface area contributed by atoms with E-state index in [1.807, 2.05) is 43.9 Å². The molecule has 1 fully saturated rings. The Kier molecular flexibility index (Phi) is 7.99. The van der Waals surface area contributed by atoms with Crippen LogP contribution in [0.2, 0.25) is 0 Å². The molecule has 1 aliphatic rings. The first-order valence-corrected chi connectivity index (χ1v) is 9.88. The largest absolute Gasteiger partial charge is 0.466 e. The van der Waals surface area contributed by atoms with Gasteiger partial charge < -0.3 is 15.4 Å². The molecule has 1 aromatic rings. The van der Waals surface area contributed by atoms with Gasteiger partial charge in [0.1, 0.15) is 0 Å². The molecule has 154 valence electrons. The van der Waals surface area contributed by atoms with Crippen molar-refractivity contribution < 1.29 is 19.1 Å². The molecule has 2 amide bonds. The van der Waals surface area contributed by atoms with E-state index >= 15 is 0 Å². The number of para-hydroxylation sites is 1. The Bertz CT molecular complexity index is 691. The van der Waals surface area contributed by atoms with Gasteiger partial charge in [-0.05, 0) is 64.8 Å². The number of ether oxygens (including phenoxy) is 1. The predicted molar refractivity (Wildman–Crippen MR) is 108 cm³/mol. The number of carbonyl (C=O) groups excluding carboxylic acids is 3. The molecule has 1 atom stereocenters. The van der Waals surface area contributed by atoms with Crippen LogP contribution in [-0.4, -0.2) is 55.0 Å². The number of rotatable bonds is 7. The Hall–Kier alpha value is -2.41. The molecule has 0 spiro atoms. The maximum atomic E-state index is 12.4. The standard InChI is InChI=1S/C21H31N3O4/c1-5-28-21(27)17-9-11-24(12-10-17)16(4)20(26)22-13-18(25)23-19-14(2)7-6-8-15(19)3/h6-8,16-17H,5,9-13H2,1-4H3,(H,22,26)(H,23,25). The summed E-state index contributed by atoms with van der Waals surface area (Å²) in [5, 5.41) is 5.57. The van der Waals surface area contributed by atoms with E-state index in [2.05, 4.69) is 10.6 Å². The van der Waals surface area contributed by atoms with Crippen molar-refractivity contribution in [2.45, 2.75) is 46.6 Å². The number of anilines is 1. The fraction of sp³-hybridized carbons (Fsp3) is 0.571. The highest BCUT2D eigenvalue weighted by molar-refractivity contribution is 5.96. The average molecular weight is 389 g/mol. The third-order valence-corrected chi connectivity index (χ3v) is 5.25. The normalized spacial score (nSPS) is 16.3. The van der Waals surface area contributed by atoms with E-state index in [0.717, 1.165) is 16.8 Å². The lowest BCUT2D eigenvalue weighted by Crippen LogP contribution is -2.50. The van der Waals surface area contributed by atoms with Crippen molar-refractivity contribution in [1.29, 1.82) is 0 Å². The minimum absolute atomic E-state index is 0.0732. The number of hydrogen-bond donors (Lipinski definition) is 2. The lowest BCUT2D eigenvalue weighted by atomic mass is 9.96. The summed E-state index contributed by atoms with van der Waals surface area (Å²) in [6.45, 7) is 9.13. The number of esters is 1. The Balaban J connectivity index is 1.78. The smallest absolute Gasteiger partial charge is 0.309 e. The maximum Gasteiger partial charge on any atom is 0.309 e. The summed E-state index contributed by atoms with van der Waals surface area (Å²) in [4.78, 5) is 38.5. The molecule has 0 aromatic heterocycles. The van der Waals surface area contributed by atoms with Gasteiger partial charge in [-0.3, -0.25) is 19.3 Å². The number of hydrogen-bond acceptors (Lipinski definition) is 5. The molecule has 1 aromatic carbocycles. The first-order valence-electron chi connectivity index (χ1n) is 9.88. The first kappa shape index (κ1) is 21.9. The van der Waals surface area contributed by atoms with E-state index in [9.17, 15) is 14.4 Å². The topological polar surface area (TPSA) is 87.7 Å². The minimum Gasteiger partial charge on any atom is -0.466 e. The molecular weight excluding hydrogens is 358 g/mol. The molecule has 7 heteroatoms. The maximum absolute atomic E-state index is 12.4. The number of amides is 2. The molecule has 1 heterocycles. The van der Waals surface area contributed by atoms with Crippen LogP contribution in [0, 0.1) is 19.8 Å². The first-order chi connectivity index (χ1) is 13.3. The van der Waals surface area contributed by atoms with Gasteiger partial charge in [-0.25, -0.2) is 0 Å². The highest BCUT2D eigenvalue weighted by Gasteiger charge is 2.30. The second kappa shape index (κ2) is 10.2. The highest BCUT2D eigenvalue weighted by Crippen LogP contribution is 2.21. The van der Waals surface area contributed by atoms with Gasteiger partial charge in [-0.15, -0.1) is 0 Å². The second-order valence-electron chi connectivity index (χ2n) is 7.27. The van der Waals surface area contributed by atoms with Crippen molar-refractivity contribution in [2.75, 3.05) is 31.6 Å². The lowest BCUT2D eigenvalue weighted by Gasteiger charge is -2.34. The van der Waals surface area contributed by atoms with Crippen molar-refractivity contribution in [3.8, 4) is 0 Å². The van der Waals surface area contributed by atoms with Gasteiger partial charge in [0.15, 0.2) is 0 Å². The molecular formula is C21H31N3O4. The molecule has 1 unspecified atom stereocenters. The van der Waals surface area contributed by atoms with Crippen LogP contribution in [0.1, 0.15) is 37.8 Å². The summed E-state index contributed by atoms with van der Waals surface area (Å²) >= 11 is 0. The Morgan fingerprint density at radius 2 is 1.79 bits per heavy atom. The van der Waals surface area contributed by atoms with Crippen LogP contribution >= 0.6 is 0 Å². The van der Waals surface area contributed by atoms with Crippen LogP contribution < -0.4 is 10.6 Å². The Morgan fingerprint density at radius 3 is 2.36 bits per heavy atom. The van der Waals surface area contributed by atoms with E-state index < -0.39 is 0 Å². The van der Waals surface area contributed by atoms with Gasteiger partial charge >= 0.3 is 5.97 Å². The summed E-state index contributed by atoms with van der Waals surface area (Å²) < 4.78 is 5.07. The summed E-state index contributed by atoms with van der Waals surface area (Å²) in [7, 11) is 0. The fourth-order valence-corrected chi connectivity index (χ4v) is 3.46. The molecule has 0 bridgehead atoms. The van der Waals surface area contributed by atoms with E-state index in [4.69, 9.17) is 4.74 Å². The molecule has 2 N–H and O–H groups in total. The molecule has 1 aliphatic heterocycles. The van der Waals surface area contributed by atoms with Gasteiger partial charge in [0.05, 0.1) is 25.1 Å². The lowest BCUT2D eigenvalue weighted by molar-refractivity contribution is -0.150. The molecule has 7 nitrogen and oxygen atoms in total. The monoisotopic (exact) mass is 389 g/mol. The van der Waals surface area contributed by atoms with Crippen molar-refractivity contribution in [3.05, 3.63) is 29.3 Å². The van der Waals surface area contributed by atoms with Crippen LogP contribution in [0.4, 0.5) is 5.69 Å². The van der Waals surface area contributed by atoms with Gasteiger partial charge in [0.25, 0.3) is 0 Å². The van der Waals surface area contributed by atoms with Gasteiger partial charge in [0.2, 0.25) is 11.8 Å². The van der Waals surface area contributed by atoms with Gasteiger partial charge in [0, 0.05) is 5.69 Å². The van der Waals surface area contributed by atoms with Crippen molar-refractivity contribution in [1.82, 2.24) is 10.2 Å². The summed E-state index contributed by atoms with van der Waals surface area (Å²) in [5.74, 6) is -0.678. The minimum atomic E-state index is -0.351. The third kappa shape index (κ3) is 5.79. The van der Waals surface area contributed by atoms with Crippen molar-refractivity contribution >= 4 is 23.5 Å². The molecule has 0 saturated carbocycles. The zero-order valence-electron chi connectivity index (χ0n) is 17.2. The van der Waals surface area contributed by atoms with Crippen molar-refractivity contribution in [3.63, 3.8) is 0 Å². The second-order valence-corrected chi connectivity index (χ2v) is 7.27. The summed E-state index contributed by atoms with van der Waals surface area (Å²) in [6.07, 6.45) is 1.37. The zero-order chi connectivity index (χ0) is 20.7. The predicted octanol–water partition coefficient (Wildman–Crippen LogP) is 2.02. The number of nitrogens with one attached hydrogen (secondary N) is 2. The number of piperidine rings is 1. The number of likely N-dealkylation sites (tertiary alicyclic amines) is 1. The fourth-order valence-electron chi connectivity index (χ4n) is 3.46. The number of carbonyl (C=O) groups is 3. The van der Waals surface area contributed by atoms with E-state index in [-0.39, 0.29) is 36.3 Å². The van der Waals surface area contributed by atoms with Crippen molar-refractivity contribution in [2.24, 2.45) is 5.92 Å². The molecule has 0 aliphatic carbocycles. The Labute approximate surface area is 166 Å². The van der Waals surface area contributed by atoms with Gasteiger partial charge in [-0.2, -0.15) is 0 Å². The van der Waals surface area contributed by atoms with Crippen LogP contribution in [0.5, 0.6) is 0 Å². The number of benzene rings is 1. The van der Waals surface area contributed by atoms with E-state index in [1.54, 1.807) is 6.92 Å². The molecule has 0 radical (unpaired) electrons. The SMILES string of the molecule is CCOC(=O)C1CCN(C(C)C(=O)NCC(=O)Nc2c(C)cccc2C)CC1. The highest BCUT2D eigenvalue weighted by atomic mass is 16.5. The van der Waals surface area contributed by atoms with Crippen LogP contribution in [-0.2, 0) is 19.1 Å². The summed E-state index contributed by atoms with van der Waals surface area (Å²) in [6, 6.07) is 5.46.